The first-order valence-corrected chi connectivity index (χ1v) is 23.5. The Hall–Kier alpha value is -8.38. The second kappa shape index (κ2) is 16.3. The number of benzene rings is 10. The molecule has 2 aromatic heterocycles. The maximum Gasteiger partial charge on any atom is 0.0992 e. The fraction of sp³-hybridized carbons (Fsp3) is 0. The van der Waals surface area contributed by atoms with Crippen molar-refractivity contribution in [1.82, 2.24) is 0 Å². The largest absolute Gasteiger partial charge is 0.192 e. The number of fused-ring (bicyclic) bond motifs is 6. The highest BCUT2D eigenvalue weighted by atomic mass is 32.1. The molecule has 2 heterocycles. The molecule has 0 N–H and O–H groups in total. The van der Waals surface area contributed by atoms with E-state index in [4.69, 9.17) is 0 Å². The van der Waals surface area contributed by atoms with Crippen LogP contribution in [0.3, 0.4) is 0 Å². The zero-order valence-corrected chi connectivity index (χ0v) is 37.1. The smallest absolute Gasteiger partial charge is 0.0992 e. The summed E-state index contributed by atoms with van der Waals surface area (Å²) in [5, 5.41) is 25.6. The van der Waals surface area contributed by atoms with Gasteiger partial charge in [-0.3, -0.25) is 0 Å². The number of hydrogen-bond donors (Lipinski definition) is 0. The first-order chi connectivity index (χ1) is 32.6. The fourth-order valence-electron chi connectivity index (χ4n) is 9.49. The summed E-state index contributed by atoms with van der Waals surface area (Å²) in [6.45, 7) is 0. The van der Waals surface area contributed by atoms with Crippen molar-refractivity contribution in [2.45, 2.75) is 0 Å². The van der Waals surface area contributed by atoms with Crippen molar-refractivity contribution in [2.24, 2.45) is 0 Å². The van der Waals surface area contributed by atoms with Gasteiger partial charge in [-0.15, -0.1) is 22.7 Å². The van der Waals surface area contributed by atoms with Crippen molar-refractivity contribution in [2.75, 3.05) is 0 Å². The average molecular weight is 873 g/mol. The van der Waals surface area contributed by atoms with Crippen molar-refractivity contribution in [1.29, 1.82) is 10.5 Å². The molecule has 12 rings (SSSR count). The van der Waals surface area contributed by atoms with Gasteiger partial charge in [0.2, 0.25) is 0 Å². The Bertz CT molecular complexity index is 3730. The Kier molecular flexibility index (Phi) is 9.70. The van der Waals surface area contributed by atoms with E-state index in [-0.39, 0.29) is 0 Å². The summed E-state index contributed by atoms with van der Waals surface area (Å²) in [6, 6.07) is 82.2. The number of rotatable bonds is 7. The molecular weight excluding hydrogens is 837 g/mol. The quantitative estimate of drug-likeness (QED) is 0.160. The molecule has 0 radical (unpaired) electrons. The molecule has 0 aliphatic rings. The van der Waals surface area contributed by atoms with Crippen LogP contribution in [-0.2, 0) is 0 Å². The molecule has 0 bridgehead atoms. The molecule has 12 aromatic rings. The predicted octanol–water partition coefficient (Wildman–Crippen LogP) is 17.8. The molecule has 2 nitrogen and oxygen atoms in total. The van der Waals surface area contributed by atoms with Crippen LogP contribution in [0.2, 0.25) is 0 Å². The van der Waals surface area contributed by atoms with Crippen molar-refractivity contribution < 1.29 is 0 Å². The Labute approximate surface area is 390 Å². The SMILES string of the molecule is N#Cc1cc(-c2cccc(-c3cc(-c4ccccc4)cc(-c4cccc(-c5cc(C#N)cc(-c6cccc7c6sc6ccccc67)c5)c4)c3)c2)cc(-c2cccc3c2sc2ccccc23)c1. The lowest BCUT2D eigenvalue weighted by atomic mass is 9.90. The van der Waals surface area contributed by atoms with Crippen LogP contribution in [0.5, 0.6) is 0 Å². The normalized spacial score (nSPS) is 11.3. The van der Waals surface area contributed by atoms with Gasteiger partial charge in [0.05, 0.1) is 23.3 Å². The topological polar surface area (TPSA) is 47.6 Å². The Morgan fingerprint density at radius 3 is 1.03 bits per heavy atom. The number of thiophene rings is 2. The van der Waals surface area contributed by atoms with Gasteiger partial charge in [0, 0.05) is 40.3 Å². The van der Waals surface area contributed by atoms with Gasteiger partial charge in [-0.25, -0.2) is 0 Å². The first-order valence-electron chi connectivity index (χ1n) is 21.9. The van der Waals surface area contributed by atoms with E-state index in [1.807, 2.05) is 24.3 Å². The third-order valence-electron chi connectivity index (χ3n) is 12.7. The van der Waals surface area contributed by atoms with Crippen molar-refractivity contribution in [3.8, 4) is 90.0 Å². The maximum absolute atomic E-state index is 10.3. The molecule has 0 aliphatic carbocycles. The van der Waals surface area contributed by atoms with E-state index in [0.29, 0.717) is 11.1 Å². The average Bonchev–Trinajstić information content (AvgIpc) is 3.97. The zero-order chi connectivity index (χ0) is 44.1. The fourth-order valence-corrected chi connectivity index (χ4v) is 12.0. The third kappa shape index (κ3) is 7.03. The molecule has 0 saturated heterocycles. The van der Waals surface area contributed by atoms with Gasteiger partial charge < -0.3 is 0 Å². The van der Waals surface area contributed by atoms with Crippen LogP contribution in [0.4, 0.5) is 0 Å². The lowest BCUT2D eigenvalue weighted by molar-refractivity contribution is 1.48. The van der Waals surface area contributed by atoms with E-state index in [9.17, 15) is 10.5 Å². The van der Waals surface area contributed by atoms with E-state index in [1.54, 1.807) is 22.7 Å². The molecule has 306 valence electrons. The van der Waals surface area contributed by atoms with Gasteiger partial charge in [0.25, 0.3) is 0 Å². The van der Waals surface area contributed by atoms with Crippen LogP contribution in [0, 0.1) is 22.7 Å². The maximum atomic E-state index is 10.3. The van der Waals surface area contributed by atoms with Gasteiger partial charge >= 0.3 is 0 Å². The minimum Gasteiger partial charge on any atom is -0.192 e. The number of hydrogen-bond acceptors (Lipinski definition) is 4. The second-order valence-electron chi connectivity index (χ2n) is 16.7. The molecule has 0 amide bonds. The molecular formula is C62H36N2S2. The van der Waals surface area contributed by atoms with Crippen LogP contribution >= 0.6 is 22.7 Å². The summed E-state index contributed by atoms with van der Waals surface area (Å²) < 4.78 is 4.97. The molecule has 0 atom stereocenters. The minimum absolute atomic E-state index is 0.629. The second-order valence-corrected chi connectivity index (χ2v) is 18.8. The summed E-state index contributed by atoms with van der Waals surface area (Å²) in [5.41, 5.74) is 16.3. The molecule has 66 heavy (non-hydrogen) atoms. The summed E-state index contributed by atoms with van der Waals surface area (Å²) in [5.74, 6) is 0. The molecule has 4 heteroatoms. The van der Waals surface area contributed by atoms with Crippen LogP contribution < -0.4 is 0 Å². The van der Waals surface area contributed by atoms with Crippen LogP contribution in [-0.4, -0.2) is 0 Å². The van der Waals surface area contributed by atoms with Crippen molar-refractivity contribution >= 4 is 63.0 Å². The van der Waals surface area contributed by atoms with Crippen LogP contribution in [0.15, 0.2) is 218 Å². The monoisotopic (exact) mass is 872 g/mol. The van der Waals surface area contributed by atoms with Gasteiger partial charge in [0.15, 0.2) is 0 Å². The Morgan fingerprint density at radius 2 is 0.576 bits per heavy atom. The van der Waals surface area contributed by atoms with Crippen LogP contribution in [0.25, 0.3) is 118 Å². The van der Waals surface area contributed by atoms with Gasteiger partial charge in [-0.05, 0) is 157 Å². The number of nitrogens with zero attached hydrogens (tertiary/aromatic N) is 2. The first kappa shape index (κ1) is 39.2. The highest BCUT2D eigenvalue weighted by Crippen LogP contribution is 2.44. The Balaban J connectivity index is 0.953. The van der Waals surface area contributed by atoms with Gasteiger partial charge in [-0.1, -0.05) is 140 Å². The van der Waals surface area contributed by atoms with Crippen molar-refractivity contribution in [3.05, 3.63) is 230 Å². The van der Waals surface area contributed by atoms with E-state index in [1.165, 1.54) is 40.3 Å². The van der Waals surface area contributed by atoms with Crippen molar-refractivity contribution in [3.63, 3.8) is 0 Å². The van der Waals surface area contributed by atoms with Gasteiger partial charge in [-0.2, -0.15) is 10.5 Å². The summed E-state index contributed by atoms with van der Waals surface area (Å²) in [4.78, 5) is 0. The molecule has 0 aliphatic heterocycles. The zero-order valence-electron chi connectivity index (χ0n) is 35.5. The summed E-state index contributed by atoms with van der Waals surface area (Å²) in [6.07, 6.45) is 0. The molecule has 0 fully saturated rings. The standard InChI is InChI=1S/C62H36N2S2/c63-37-39-26-46(35-51(28-39)53-20-10-22-57-55-18-4-6-24-59(55)65-61(53)57)42-14-8-16-44(30-42)49-32-48(41-12-2-1-3-13-41)33-50(34-49)45-17-9-15-43(31-45)47-27-40(38-64)29-52(36-47)54-21-11-23-58-56-19-5-7-25-60(56)66-62(54)58/h1-36H. The van der Waals surface area contributed by atoms with E-state index < -0.39 is 0 Å². The highest BCUT2D eigenvalue weighted by Gasteiger charge is 2.16. The van der Waals surface area contributed by atoms with Crippen LogP contribution in [0.1, 0.15) is 11.1 Å². The molecule has 0 spiro atoms. The van der Waals surface area contributed by atoms with E-state index in [0.717, 1.165) is 77.9 Å². The Morgan fingerprint density at radius 1 is 0.258 bits per heavy atom. The number of nitriles is 2. The lowest BCUT2D eigenvalue weighted by Crippen LogP contribution is -1.89. The third-order valence-corrected chi connectivity index (χ3v) is 15.1. The molecule has 0 unspecified atom stereocenters. The highest BCUT2D eigenvalue weighted by molar-refractivity contribution is 7.26. The minimum atomic E-state index is 0.629. The predicted molar refractivity (Wildman–Crippen MR) is 280 cm³/mol. The molecule has 10 aromatic carbocycles. The summed E-state index contributed by atoms with van der Waals surface area (Å²) in [7, 11) is 0. The summed E-state index contributed by atoms with van der Waals surface area (Å²) >= 11 is 3.61. The lowest BCUT2D eigenvalue weighted by Gasteiger charge is -2.14. The van der Waals surface area contributed by atoms with E-state index in [2.05, 4.69) is 206 Å². The van der Waals surface area contributed by atoms with E-state index >= 15 is 0 Å². The molecule has 0 saturated carbocycles. The van der Waals surface area contributed by atoms with Gasteiger partial charge in [0.1, 0.15) is 0 Å².